The number of carboxylic acid groups (broad SMARTS) is 1. The summed E-state index contributed by atoms with van der Waals surface area (Å²) in [7, 11) is 0. The maximum atomic E-state index is 13.0. The molecule has 3 aromatic rings. The van der Waals surface area contributed by atoms with Crippen LogP contribution in [0.4, 0.5) is 5.69 Å². The molecule has 0 aliphatic heterocycles. The van der Waals surface area contributed by atoms with Crippen LogP contribution < -0.4 is 4.90 Å². The Bertz CT molecular complexity index is 935. The van der Waals surface area contributed by atoms with Crippen molar-refractivity contribution in [1.82, 2.24) is 0 Å². The Morgan fingerprint density at radius 2 is 1.64 bits per heavy atom. The molecule has 0 radical (unpaired) electrons. The van der Waals surface area contributed by atoms with Crippen LogP contribution in [0, 0.1) is 0 Å². The molecular weight excluding hydrogens is 370 g/mol. The van der Waals surface area contributed by atoms with E-state index in [1.54, 1.807) is 4.90 Å². The summed E-state index contributed by atoms with van der Waals surface area (Å²) in [6, 6.07) is 21.2. The normalized spacial score (nSPS) is 10.6. The average molecular weight is 394 g/mol. The van der Waals surface area contributed by atoms with Gasteiger partial charge in [0.15, 0.2) is 0 Å². The van der Waals surface area contributed by atoms with E-state index in [1.807, 2.05) is 73.7 Å². The maximum Gasteiger partial charge on any atom is 0.348 e. The highest BCUT2D eigenvalue weighted by atomic mass is 32.1. The minimum absolute atomic E-state index is 0.0504. The van der Waals surface area contributed by atoms with Crippen LogP contribution in [-0.4, -0.2) is 17.0 Å². The molecule has 0 atom stereocenters. The molecule has 1 amide bonds. The lowest BCUT2D eigenvalue weighted by Crippen LogP contribution is -2.31. The molecule has 1 heterocycles. The predicted octanol–water partition coefficient (Wildman–Crippen LogP) is 5.84. The summed E-state index contributed by atoms with van der Waals surface area (Å²) in [4.78, 5) is 27.6. The number of hydrogen-bond donors (Lipinski definition) is 1. The lowest BCUT2D eigenvalue weighted by atomic mass is 10.1. The smallest absolute Gasteiger partial charge is 0.348 e. The number of rotatable bonds is 8. The van der Waals surface area contributed by atoms with Crippen molar-refractivity contribution in [3.8, 4) is 10.4 Å². The number of anilines is 1. The standard InChI is InChI=1S/C23H23NO3S/c1-2-3-14-21(25)24(16-17-10-6-4-7-11-17)19-15-20(28-22(19)23(26)27)18-12-8-5-9-13-18/h4-13,15H,2-3,14,16H2,1H3,(H,26,27). The van der Waals surface area contributed by atoms with E-state index >= 15 is 0 Å². The number of carbonyl (C=O) groups excluding carboxylic acids is 1. The van der Waals surface area contributed by atoms with Crippen LogP contribution in [0.15, 0.2) is 66.7 Å². The van der Waals surface area contributed by atoms with Gasteiger partial charge >= 0.3 is 5.97 Å². The second-order valence-electron chi connectivity index (χ2n) is 6.57. The van der Waals surface area contributed by atoms with Crippen LogP contribution >= 0.6 is 11.3 Å². The van der Waals surface area contributed by atoms with E-state index in [-0.39, 0.29) is 10.8 Å². The van der Waals surface area contributed by atoms with Gasteiger partial charge in [-0.1, -0.05) is 74.0 Å². The Kier molecular flexibility index (Phi) is 6.61. The van der Waals surface area contributed by atoms with Crippen LogP contribution in [-0.2, 0) is 11.3 Å². The predicted molar refractivity (Wildman–Crippen MR) is 114 cm³/mol. The molecule has 3 rings (SSSR count). The van der Waals surface area contributed by atoms with Crippen molar-refractivity contribution >= 4 is 28.9 Å². The van der Waals surface area contributed by atoms with E-state index < -0.39 is 5.97 Å². The third-order valence-electron chi connectivity index (χ3n) is 4.48. The van der Waals surface area contributed by atoms with E-state index in [0.29, 0.717) is 18.7 Å². The summed E-state index contributed by atoms with van der Waals surface area (Å²) < 4.78 is 0. The van der Waals surface area contributed by atoms with Gasteiger partial charge in [0.25, 0.3) is 0 Å². The topological polar surface area (TPSA) is 57.6 Å². The molecule has 5 heteroatoms. The zero-order valence-corrected chi connectivity index (χ0v) is 16.6. The molecule has 4 nitrogen and oxygen atoms in total. The Morgan fingerprint density at radius 1 is 1.00 bits per heavy atom. The Hall–Kier alpha value is -2.92. The van der Waals surface area contributed by atoms with Crippen molar-refractivity contribution in [1.29, 1.82) is 0 Å². The Morgan fingerprint density at radius 3 is 2.25 bits per heavy atom. The molecule has 0 saturated heterocycles. The van der Waals surface area contributed by atoms with E-state index in [0.717, 1.165) is 28.8 Å². The fraction of sp³-hybridized carbons (Fsp3) is 0.217. The first-order valence-corrected chi connectivity index (χ1v) is 10.2. The van der Waals surface area contributed by atoms with Crippen molar-refractivity contribution in [2.45, 2.75) is 32.7 Å². The second kappa shape index (κ2) is 9.33. The highest BCUT2D eigenvalue weighted by molar-refractivity contribution is 7.18. The number of thiophene rings is 1. The minimum Gasteiger partial charge on any atom is -0.477 e. The summed E-state index contributed by atoms with van der Waals surface area (Å²) in [5, 5.41) is 9.77. The molecular formula is C23H23NO3S. The van der Waals surface area contributed by atoms with Gasteiger partial charge in [-0.25, -0.2) is 4.79 Å². The van der Waals surface area contributed by atoms with Gasteiger partial charge in [-0.2, -0.15) is 0 Å². The number of hydrogen-bond acceptors (Lipinski definition) is 3. The van der Waals surface area contributed by atoms with E-state index in [4.69, 9.17) is 0 Å². The van der Waals surface area contributed by atoms with Crippen LogP contribution in [0.25, 0.3) is 10.4 Å². The van der Waals surface area contributed by atoms with Gasteiger partial charge in [-0.05, 0) is 23.6 Å². The molecule has 1 N–H and O–H groups in total. The number of aromatic carboxylic acids is 1. The summed E-state index contributed by atoms with van der Waals surface area (Å²) in [6.07, 6.45) is 2.09. The third kappa shape index (κ3) is 4.67. The molecule has 0 aliphatic rings. The summed E-state index contributed by atoms with van der Waals surface area (Å²) >= 11 is 1.21. The zero-order chi connectivity index (χ0) is 19.9. The van der Waals surface area contributed by atoms with Gasteiger partial charge in [0, 0.05) is 11.3 Å². The van der Waals surface area contributed by atoms with Gasteiger partial charge in [-0.15, -0.1) is 11.3 Å². The molecule has 0 spiro atoms. The summed E-state index contributed by atoms with van der Waals surface area (Å²) in [6.45, 7) is 2.39. The van der Waals surface area contributed by atoms with E-state index in [2.05, 4.69) is 0 Å². The van der Waals surface area contributed by atoms with Crippen LogP contribution in [0.1, 0.15) is 41.4 Å². The number of benzene rings is 2. The fourth-order valence-electron chi connectivity index (χ4n) is 3.02. The highest BCUT2D eigenvalue weighted by Crippen LogP contribution is 2.38. The zero-order valence-electron chi connectivity index (χ0n) is 15.8. The monoisotopic (exact) mass is 393 g/mol. The number of unbranched alkanes of at least 4 members (excludes halogenated alkanes) is 1. The van der Waals surface area contributed by atoms with Crippen molar-refractivity contribution in [3.63, 3.8) is 0 Å². The van der Waals surface area contributed by atoms with Crippen molar-refractivity contribution in [2.24, 2.45) is 0 Å². The quantitative estimate of drug-likeness (QED) is 0.523. The molecule has 0 aliphatic carbocycles. The fourth-order valence-corrected chi connectivity index (χ4v) is 4.02. The lowest BCUT2D eigenvalue weighted by Gasteiger charge is -2.23. The molecule has 1 aromatic heterocycles. The largest absolute Gasteiger partial charge is 0.477 e. The van der Waals surface area contributed by atoms with Crippen molar-refractivity contribution in [3.05, 3.63) is 77.2 Å². The third-order valence-corrected chi connectivity index (χ3v) is 5.65. The van der Waals surface area contributed by atoms with Gasteiger partial charge in [0.2, 0.25) is 5.91 Å². The molecule has 0 fully saturated rings. The number of carbonyl (C=O) groups is 2. The number of amides is 1. The molecule has 144 valence electrons. The molecule has 28 heavy (non-hydrogen) atoms. The first-order chi connectivity index (χ1) is 13.6. The molecule has 0 unspecified atom stereocenters. The summed E-state index contributed by atoms with van der Waals surface area (Å²) in [5.41, 5.74) is 2.39. The van der Waals surface area contributed by atoms with Gasteiger partial charge < -0.3 is 10.0 Å². The minimum atomic E-state index is -1.01. The number of nitrogens with zero attached hydrogens (tertiary/aromatic N) is 1. The first kappa shape index (κ1) is 19.8. The molecule has 2 aromatic carbocycles. The average Bonchev–Trinajstić information content (AvgIpc) is 3.17. The van der Waals surface area contributed by atoms with Crippen LogP contribution in [0.2, 0.25) is 0 Å². The first-order valence-electron chi connectivity index (χ1n) is 9.37. The highest BCUT2D eigenvalue weighted by Gasteiger charge is 2.25. The SMILES string of the molecule is CCCCC(=O)N(Cc1ccccc1)c1cc(-c2ccccc2)sc1C(=O)O. The van der Waals surface area contributed by atoms with E-state index in [1.165, 1.54) is 11.3 Å². The molecule has 0 saturated carbocycles. The lowest BCUT2D eigenvalue weighted by molar-refractivity contribution is -0.118. The second-order valence-corrected chi connectivity index (χ2v) is 7.62. The van der Waals surface area contributed by atoms with Crippen LogP contribution in [0.3, 0.4) is 0 Å². The van der Waals surface area contributed by atoms with E-state index in [9.17, 15) is 14.7 Å². The maximum absolute atomic E-state index is 13.0. The van der Waals surface area contributed by atoms with Gasteiger partial charge in [0.05, 0.1) is 12.2 Å². The van der Waals surface area contributed by atoms with Gasteiger partial charge in [-0.3, -0.25) is 4.79 Å². The van der Waals surface area contributed by atoms with Crippen molar-refractivity contribution in [2.75, 3.05) is 4.90 Å². The number of carboxylic acids is 1. The summed E-state index contributed by atoms with van der Waals surface area (Å²) in [5.74, 6) is -1.06. The Labute approximate surface area is 169 Å². The van der Waals surface area contributed by atoms with Crippen LogP contribution in [0.5, 0.6) is 0 Å². The Balaban J connectivity index is 2.03. The van der Waals surface area contributed by atoms with Gasteiger partial charge in [0.1, 0.15) is 4.88 Å². The molecule has 0 bridgehead atoms. The van der Waals surface area contributed by atoms with Crippen molar-refractivity contribution < 1.29 is 14.7 Å².